The minimum Gasteiger partial charge on any atom is -0.349 e. The Labute approximate surface area is 229 Å². The summed E-state index contributed by atoms with van der Waals surface area (Å²) in [6.45, 7) is 2.29. The van der Waals surface area contributed by atoms with Gasteiger partial charge in [-0.15, -0.1) is 0 Å². The molecule has 1 unspecified atom stereocenters. The summed E-state index contributed by atoms with van der Waals surface area (Å²) in [5.41, 5.74) is 11.9. The standard InChI is InChI=1S/C34H34FN3O/c1-23-30-22-36-38(29-17-15-28(35)16-18-29)32(30)21-27-14-13-26(34(23)27)20-31(25-10-6-3-7-11-25)37-33(39)19-12-24-8-4-2-5-9-24/h2-11,15-18,21-23,26,31,36H,12-14,19-20H2,1H3,(H,37,39)/t23-,26+,31?/m0/s1. The van der Waals surface area contributed by atoms with E-state index in [1.165, 1.54) is 34.4 Å². The third-order valence-corrected chi connectivity index (χ3v) is 8.33. The molecule has 1 heterocycles. The lowest BCUT2D eigenvalue weighted by atomic mass is 9.78. The number of carbonyl (C=O) groups is 1. The topological polar surface area (TPSA) is 44.4 Å². The molecule has 0 saturated carbocycles. The Morgan fingerprint density at radius 2 is 1.74 bits per heavy atom. The minimum atomic E-state index is -0.235. The number of anilines is 1. The van der Waals surface area contributed by atoms with Gasteiger partial charge in [-0.2, -0.15) is 0 Å². The molecule has 0 saturated heterocycles. The molecule has 2 aliphatic carbocycles. The fourth-order valence-electron chi connectivity index (χ4n) is 6.38. The maximum atomic E-state index is 13.5. The van der Waals surface area contributed by atoms with E-state index in [4.69, 9.17) is 0 Å². The van der Waals surface area contributed by atoms with E-state index in [-0.39, 0.29) is 23.7 Å². The van der Waals surface area contributed by atoms with E-state index in [0.717, 1.165) is 42.6 Å². The Morgan fingerprint density at radius 1 is 1.03 bits per heavy atom. The van der Waals surface area contributed by atoms with Gasteiger partial charge >= 0.3 is 0 Å². The summed E-state index contributed by atoms with van der Waals surface area (Å²) in [6.07, 6.45) is 8.60. The molecule has 4 nitrogen and oxygen atoms in total. The highest BCUT2D eigenvalue weighted by Crippen LogP contribution is 2.49. The van der Waals surface area contributed by atoms with Crippen molar-refractivity contribution < 1.29 is 9.18 Å². The van der Waals surface area contributed by atoms with Crippen LogP contribution >= 0.6 is 0 Å². The number of carbonyl (C=O) groups excluding carboxylic acids is 1. The molecule has 2 N–H and O–H groups in total. The van der Waals surface area contributed by atoms with Crippen molar-refractivity contribution in [2.75, 3.05) is 5.01 Å². The van der Waals surface area contributed by atoms with Crippen LogP contribution in [0.1, 0.15) is 49.8 Å². The average molecular weight is 520 g/mol. The van der Waals surface area contributed by atoms with Gasteiger partial charge in [0.25, 0.3) is 0 Å². The number of fused-ring (bicyclic) bond motifs is 1. The van der Waals surface area contributed by atoms with Crippen molar-refractivity contribution in [2.24, 2.45) is 11.8 Å². The maximum Gasteiger partial charge on any atom is 0.220 e. The summed E-state index contributed by atoms with van der Waals surface area (Å²) in [6, 6.07) is 27.1. The van der Waals surface area contributed by atoms with E-state index >= 15 is 0 Å². The third-order valence-electron chi connectivity index (χ3n) is 8.33. The Morgan fingerprint density at radius 3 is 2.49 bits per heavy atom. The van der Waals surface area contributed by atoms with Crippen LogP contribution < -0.4 is 15.8 Å². The largest absolute Gasteiger partial charge is 0.349 e. The van der Waals surface area contributed by atoms with Gasteiger partial charge < -0.3 is 10.7 Å². The third kappa shape index (κ3) is 5.26. The van der Waals surface area contributed by atoms with E-state index in [0.29, 0.717) is 12.3 Å². The lowest BCUT2D eigenvalue weighted by molar-refractivity contribution is -0.121. The summed E-state index contributed by atoms with van der Waals surface area (Å²) >= 11 is 0. The molecular formula is C34H34FN3O. The highest BCUT2D eigenvalue weighted by Gasteiger charge is 2.39. The quantitative estimate of drug-likeness (QED) is 0.332. The number of rotatable bonds is 8. The van der Waals surface area contributed by atoms with Crippen LogP contribution in [0.5, 0.6) is 0 Å². The van der Waals surface area contributed by atoms with E-state index in [1.807, 2.05) is 29.3 Å². The molecule has 3 aromatic rings. The van der Waals surface area contributed by atoms with Crippen LogP contribution in [0.25, 0.3) is 0 Å². The van der Waals surface area contributed by atoms with Crippen LogP contribution in [-0.2, 0) is 11.2 Å². The predicted octanol–water partition coefficient (Wildman–Crippen LogP) is 7.15. The first kappa shape index (κ1) is 25.2. The number of halogens is 1. The summed E-state index contributed by atoms with van der Waals surface area (Å²) in [4.78, 5) is 13.1. The number of hydrogen-bond acceptors (Lipinski definition) is 3. The summed E-state index contributed by atoms with van der Waals surface area (Å²) in [5, 5.41) is 5.42. The molecule has 0 fully saturated rings. The van der Waals surface area contributed by atoms with Crippen molar-refractivity contribution >= 4 is 11.6 Å². The van der Waals surface area contributed by atoms with Crippen LogP contribution in [0.2, 0.25) is 0 Å². The van der Waals surface area contributed by atoms with Gasteiger partial charge in [0.05, 0.1) is 17.4 Å². The second-order valence-corrected chi connectivity index (χ2v) is 10.8. The summed E-state index contributed by atoms with van der Waals surface area (Å²) in [5.74, 6) is 0.529. The van der Waals surface area contributed by atoms with Gasteiger partial charge in [0.1, 0.15) is 5.82 Å². The van der Waals surface area contributed by atoms with Crippen molar-refractivity contribution in [1.29, 1.82) is 0 Å². The van der Waals surface area contributed by atoms with Gasteiger partial charge in [-0.1, -0.05) is 73.2 Å². The Hall–Kier alpha value is -4.12. The van der Waals surface area contributed by atoms with Crippen molar-refractivity contribution in [3.63, 3.8) is 0 Å². The van der Waals surface area contributed by atoms with Crippen LogP contribution in [0.3, 0.4) is 0 Å². The van der Waals surface area contributed by atoms with Gasteiger partial charge in [0.15, 0.2) is 0 Å². The van der Waals surface area contributed by atoms with Gasteiger partial charge in [0, 0.05) is 24.1 Å². The second-order valence-electron chi connectivity index (χ2n) is 10.8. The second kappa shape index (κ2) is 10.9. The molecule has 0 aromatic heterocycles. The number of nitrogens with one attached hydrogen (secondary N) is 2. The van der Waals surface area contributed by atoms with Gasteiger partial charge in [-0.05, 0) is 78.6 Å². The zero-order valence-corrected chi connectivity index (χ0v) is 22.2. The smallest absolute Gasteiger partial charge is 0.220 e. The van der Waals surface area contributed by atoms with E-state index in [1.54, 1.807) is 12.1 Å². The minimum absolute atomic E-state index is 0.0321. The van der Waals surface area contributed by atoms with Crippen molar-refractivity contribution in [2.45, 2.75) is 45.1 Å². The maximum absolute atomic E-state index is 13.5. The lowest BCUT2D eigenvalue weighted by Gasteiger charge is -2.31. The Kier molecular flexibility index (Phi) is 7.06. The van der Waals surface area contributed by atoms with Crippen molar-refractivity contribution in [3.8, 4) is 0 Å². The van der Waals surface area contributed by atoms with Crippen LogP contribution in [0.15, 0.2) is 120 Å². The van der Waals surface area contributed by atoms with Crippen molar-refractivity contribution in [1.82, 2.24) is 10.7 Å². The molecule has 5 heteroatoms. The Bertz CT molecular complexity index is 1430. The fraction of sp³-hybridized carbons (Fsp3) is 0.265. The number of aryl methyl sites for hydroxylation is 1. The average Bonchev–Trinajstić information content (AvgIpc) is 3.58. The van der Waals surface area contributed by atoms with Crippen LogP contribution in [0.4, 0.5) is 10.1 Å². The molecule has 6 rings (SSSR count). The number of hydrazine groups is 1. The van der Waals surface area contributed by atoms with E-state index in [9.17, 15) is 9.18 Å². The molecule has 1 amide bonds. The van der Waals surface area contributed by atoms with Gasteiger partial charge in [-0.25, -0.2) is 4.39 Å². The monoisotopic (exact) mass is 519 g/mol. The number of benzene rings is 3. The van der Waals surface area contributed by atoms with Gasteiger partial charge in [-0.3, -0.25) is 9.80 Å². The number of nitrogens with zero attached hydrogens (tertiary/aromatic N) is 1. The van der Waals surface area contributed by atoms with E-state index < -0.39 is 0 Å². The highest BCUT2D eigenvalue weighted by atomic mass is 19.1. The molecule has 0 radical (unpaired) electrons. The first-order valence-electron chi connectivity index (χ1n) is 13.9. The number of hydrogen-bond donors (Lipinski definition) is 2. The molecule has 198 valence electrons. The Balaban J connectivity index is 1.21. The normalized spacial score (nSPS) is 20.5. The SMILES string of the molecule is C[C@H]1C2=CNN(c3ccc(F)cc3)C2=CC2=C1[C@@H](CC(NC(=O)CCc1ccccc1)c1ccccc1)CC2. The molecule has 0 spiro atoms. The molecule has 3 aromatic carbocycles. The lowest BCUT2D eigenvalue weighted by Crippen LogP contribution is -2.31. The zero-order valence-electron chi connectivity index (χ0n) is 22.2. The first-order valence-corrected chi connectivity index (χ1v) is 13.9. The summed E-state index contributed by atoms with van der Waals surface area (Å²) in [7, 11) is 0. The molecule has 3 aliphatic rings. The highest BCUT2D eigenvalue weighted by molar-refractivity contribution is 5.76. The molecule has 0 bridgehead atoms. The molecular weight excluding hydrogens is 485 g/mol. The first-order chi connectivity index (χ1) is 19.1. The van der Waals surface area contributed by atoms with Crippen LogP contribution in [0, 0.1) is 17.7 Å². The van der Waals surface area contributed by atoms with E-state index in [2.05, 4.69) is 66.3 Å². The molecule has 1 aliphatic heterocycles. The number of allylic oxidation sites excluding steroid dienone is 4. The fourth-order valence-corrected chi connectivity index (χ4v) is 6.38. The van der Waals surface area contributed by atoms with Crippen molar-refractivity contribution in [3.05, 3.63) is 137 Å². The molecule has 39 heavy (non-hydrogen) atoms. The molecule has 3 atom stereocenters. The zero-order chi connectivity index (χ0) is 26.8. The van der Waals surface area contributed by atoms with Crippen LogP contribution in [-0.4, -0.2) is 5.91 Å². The van der Waals surface area contributed by atoms with Gasteiger partial charge in [0.2, 0.25) is 5.91 Å². The summed E-state index contributed by atoms with van der Waals surface area (Å²) < 4.78 is 13.5. The number of amides is 1. The predicted molar refractivity (Wildman–Crippen MR) is 154 cm³/mol.